The number of nitrogens with one attached hydrogen (secondary N) is 3. The second kappa shape index (κ2) is 9.92. The summed E-state index contributed by atoms with van der Waals surface area (Å²) in [5, 5.41) is 10.7. The Bertz CT molecular complexity index is 1200. The number of nitrogens with zero attached hydrogens (tertiary/aromatic N) is 1. The number of rotatable bonds is 6. The molecule has 1 aliphatic heterocycles. The van der Waals surface area contributed by atoms with Crippen LogP contribution in [-0.2, 0) is 9.59 Å². The summed E-state index contributed by atoms with van der Waals surface area (Å²) in [6, 6.07) is 18.6. The van der Waals surface area contributed by atoms with Crippen LogP contribution in [0.25, 0.3) is 0 Å². The number of thiophene rings is 1. The minimum atomic E-state index is -0.394. The van der Waals surface area contributed by atoms with E-state index in [1.165, 1.54) is 0 Å². The molecule has 1 aliphatic carbocycles. The summed E-state index contributed by atoms with van der Waals surface area (Å²) >= 11 is 1.56. The van der Waals surface area contributed by atoms with Gasteiger partial charge in [-0.25, -0.2) is 4.79 Å². The third kappa shape index (κ3) is 5.38. The molecule has 1 saturated carbocycles. The van der Waals surface area contributed by atoms with Crippen molar-refractivity contribution in [1.29, 1.82) is 0 Å². The fourth-order valence-corrected chi connectivity index (χ4v) is 5.29. The normalized spacial score (nSPS) is 19.8. The molecule has 0 spiro atoms. The Morgan fingerprint density at radius 3 is 2.23 bits per heavy atom. The summed E-state index contributed by atoms with van der Waals surface area (Å²) in [4.78, 5) is 41.3. The van der Waals surface area contributed by atoms with Crippen LogP contribution in [0.5, 0.6) is 0 Å². The standard InChI is InChI=1S/C27H28N4O3S/c1-17-4-12-21(13-5-17)31-24(32)15-14-22(25(31)23-3-2-16-35-23)26(33)28-18-6-8-19(9-7-18)29-27(34)30-20-10-11-20/h2-9,12-13,16,20,22,25H,10-11,14-15H2,1H3,(H,28,33)(H2,29,30,34). The van der Waals surface area contributed by atoms with Crippen LogP contribution in [0.3, 0.4) is 0 Å². The van der Waals surface area contributed by atoms with Crippen LogP contribution in [-0.4, -0.2) is 23.9 Å². The molecule has 35 heavy (non-hydrogen) atoms. The molecule has 5 rings (SSSR count). The maximum Gasteiger partial charge on any atom is 0.319 e. The van der Waals surface area contributed by atoms with Crippen molar-refractivity contribution in [3.63, 3.8) is 0 Å². The monoisotopic (exact) mass is 488 g/mol. The van der Waals surface area contributed by atoms with Gasteiger partial charge in [0, 0.05) is 34.4 Å². The molecule has 0 bridgehead atoms. The van der Waals surface area contributed by atoms with Crippen molar-refractivity contribution < 1.29 is 14.4 Å². The Morgan fingerprint density at radius 1 is 0.914 bits per heavy atom. The first-order valence-corrected chi connectivity index (χ1v) is 12.8. The predicted octanol–water partition coefficient (Wildman–Crippen LogP) is 5.46. The Kier molecular flexibility index (Phi) is 6.55. The van der Waals surface area contributed by atoms with Crippen LogP contribution in [0.2, 0.25) is 0 Å². The quantitative estimate of drug-likeness (QED) is 0.430. The zero-order valence-electron chi connectivity index (χ0n) is 19.5. The number of hydrogen-bond acceptors (Lipinski definition) is 4. The summed E-state index contributed by atoms with van der Waals surface area (Å²) < 4.78 is 0. The van der Waals surface area contributed by atoms with Crippen LogP contribution in [0.1, 0.15) is 42.2 Å². The number of carbonyl (C=O) groups excluding carboxylic acids is 3. The molecule has 7 nitrogen and oxygen atoms in total. The summed E-state index contributed by atoms with van der Waals surface area (Å²) in [5.41, 5.74) is 3.22. The molecule has 1 aromatic heterocycles. The Hall–Kier alpha value is -3.65. The van der Waals surface area contributed by atoms with Gasteiger partial charge in [0.2, 0.25) is 11.8 Å². The fourth-order valence-electron chi connectivity index (χ4n) is 4.41. The number of hydrogen-bond donors (Lipinski definition) is 3. The smallest absolute Gasteiger partial charge is 0.319 e. The van der Waals surface area contributed by atoms with Crippen LogP contribution < -0.4 is 20.9 Å². The van der Waals surface area contributed by atoms with Gasteiger partial charge in [0.1, 0.15) is 0 Å². The highest BCUT2D eigenvalue weighted by Crippen LogP contribution is 2.42. The maximum atomic E-state index is 13.5. The van der Waals surface area contributed by atoms with Crippen molar-refractivity contribution in [3.05, 3.63) is 76.5 Å². The summed E-state index contributed by atoms with van der Waals surface area (Å²) in [7, 11) is 0. The highest BCUT2D eigenvalue weighted by Gasteiger charge is 2.42. The van der Waals surface area contributed by atoms with Gasteiger partial charge in [0.25, 0.3) is 0 Å². The molecule has 2 atom stereocenters. The zero-order valence-corrected chi connectivity index (χ0v) is 20.3. The topological polar surface area (TPSA) is 90.5 Å². The lowest BCUT2D eigenvalue weighted by Crippen LogP contribution is -2.46. The lowest BCUT2D eigenvalue weighted by Gasteiger charge is -2.40. The lowest BCUT2D eigenvalue weighted by molar-refractivity contribution is -0.125. The third-order valence-corrected chi connectivity index (χ3v) is 7.35. The predicted molar refractivity (Wildman–Crippen MR) is 139 cm³/mol. The number of urea groups is 1. The highest BCUT2D eigenvalue weighted by atomic mass is 32.1. The van der Waals surface area contributed by atoms with Crippen molar-refractivity contribution >= 4 is 46.2 Å². The Labute approximate surface area is 208 Å². The number of benzene rings is 2. The van der Waals surface area contributed by atoms with E-state index >= 15 is 0 Å². The maximum absolute atomic E-state index is 13.5. The van der Waals surface area contributed by atoms with Crippen LogP contribution in [0.4, 0.5) is 21.9 Å². The highest BCUT2D eigenvalue weighted by molar-refractivity contribution is 7.10. The molecule has 2 unspecified atom stereocenters. The van der Waals surface area contributed by atoms with Crippen molar-refractivity contribution in [2.24, 2.45) is 5.92 Å². The van der Waals surface area contributed by atoms with Gasteiger partial charge in [-0.3, -0.25) is 9.59 Å². The molecule has 2 heterocycles. The van der Waals surface area contributed by atoms with E-state index in [0.29, 0.717) is 24.2 Å². The van der Waals surface area contributed by atoms with Crippen LogP contribution >= 0.6 is 11.3 Å². The second-order valence-corrected chi connectivity index (χ2v) is 10.1. The fraction of sp³-hybridized carbons (Fsp3) is 0.296. The van der Waals surface area contributed by atoms with Crippen molar-refractivity contribution in [3.8, 4) is 0 Å². The lowest BCUT2D eigenvalue weighted by atomic mass is 9.86. The molecule has 4 amide bonds. The minimum Gasteiger partial charge on any atom is -0.335 e. The van der Waals surface area contributed by atoms with Crippen molar-refractivity contribution in [2.45, 2.75) is 44.7 Å². The SMILES string of the molecule is Cc1ccc(N2C(=O)CCC(C(=O)Nc3ccc(NC(=O)NC4CC4)cc3)C2c2cccs2)cc1. The molecule has 0 radical (unpaired) electrons. The summed E-state index contributed by atoms with van der Waals surface area (Å²) in [6.07, 6.45) is 2.85. The van der Waals surface area contributed by atoms with Crippen LogP contribution in [0.15, 0.2) is 66.0 Å². The van der Waals surface area contributed by atoms with Gasteiger partial charge in [-0.15, -0.1) is 11.3 Å². The Balaban J connectivity index is 1.33. The molecule has 180 valence electrons. The van der Waals surface area contributed by atoms with E-state index in [-0.39, 0.29) is 29.9 Å². The van der Waals surface area contributed by atoms with Crippen molar-refractivity contribution in [1.82, 2.24) is 5.32 Å². The number of anilines is 3. The Morgan fingerprint density at radius 2 is 1.60 bits per heavy atom. The number of amides is 4. The largest absolute Gasteiger partial charge is 0.335 e. The molecule has 2 aliphatic rings. The summed E-state index contributed by atoms with van der Waals surface area (Å²) in [5.74, 6) is -0.494. The van der Waals surface area contributed by atoms with Gasteiger partial charge in [-0.05, 0) is 74.0 Å². The number of carbonyl (C=O) groups is 3. The molecule has 3 N–H and O–H groups in total. The van der Waals surface area contributed by atoms with E-state index in [1.807, 2.05) is 48.7 Å². The van der Waals surface area contributed by atoms with Gasteiger partial charge in [-0.2, -0.15) is 0 Å². The number of aryl methyl sites for hydroxylation is 1. The molecule has 8 heteroatoms. The first-order valence-electron chi connectivity index (χ1n) is 11.9. The number of piperidine rings is 1. The van der Waals surface area contributed by atoms with Gasteiger partial charge < -0.3 is 20.9 Å². The second-order valence-electron chi connectivity index (χ2n) is 9.14. The van der Waals surface area contributed by atoms with E-state index in [0.717, 1.165) is 29.0 Å². The van der Waals surface area contributed by atoms with Crippen molar-refractivity contribution in [2.75, 3.05) is 15.5 Å². The molecule has 3 aromatic rings. The van der Waals surface area contributed by atoms with Gasteiger partial charge in [0.15, 0.2) is 0 Å². The average molecular weight is 489 g/mol. The van der Waals surface area contributed by atoms with Gasteiger partial charge >= 0.3 is 6.03 Å². The van der Waals surface area contributed by atoms with E-state index in [9.17, 15) is 14.4 Å². The van der Waals surface area contributed by atoms with E-state index in [1.54, 1.807) is 40.5 Å². The molecular weight excluding hydrogens is 460 g/mol. The van der Waals surface area contributed by atoms with E-state index in [4.69, 9.17) is 0 Å². The first-order chi connectivity index (χ1) is 17.0. The zero-order chi connectivity index (χ0) is 24.4. The molecular formula is C27H28N4O3S. The minimum absolute atomic E-state index is 0.0243. The molecule has 2 aromatic carbocycles. The van der Waals surface area contributed by atoms with Gasteiger partial charge in [0.05, 0.1) is 12.0 Å². The summed E-state index contributed by atoms with van der Waals surface area (Å²) in [6.45, 7) is 2.01. The molecule has 1 saturated heterocycles. The van der Waals surface area contributed by atoms with E-state index in [2.05, 4.69) is 16.0 Å². The molecule has 2 fully saturated rings. The first kappa shape index (κ1) is 23.1. The third-order valence-electron chi connectivity index (χ3n) is 6.40. The van der Waals surface area contributed by atoms with Crippen LogP contribution in [0, 0.1) is 12.8 Å². The van der Waals surface area contributed by atoms with E-state index < -0.39 is 5.92 Å². The average Bonchev–Trinajstić information content (AvgIpc) is 3.48. The van der Waals surface area contributed by atoms with Gasteiger partial charge in [-0.1, -0.05) is 23.8 Å².